The number of allylic oxidation sites excluding steroid dienone is 4. The maximum absolute atomic E-state index is 13.0. The van der Waals surface area contributed by atoms with Crippen LogP contribution in [0.2, 0.25) is 0 Å². The van der Waals surface area contributed by atoms with Gasteiger partial charge in [-0.1, -0.05) is 299 Å². The van der Waals surface area contributed by atoms with E-state index in [-0.39, 0.29) is 23.9 Å². The summed E-state index contributed by atoms with van der Waals surface area (Å²) in [6, 6.07) is 63.2. The molecule has 8 aromatic rings. The number of carbonyl (C=O) groups is 2. The minimum absolute atomic E-state index is 0.0412. The summed E-state index contributed by atoms with van der Waals surface area (Å²) in [6.07, 6.45) is 16.2. The van der Waals surface area contributed by atoms with Crippen LogP contribution in [0.3, 0.4) is 0 Å². The van der Waals surface area contributed by atoms with Crippen molar-refractivity contribution in [3.63, 3.8) is 0 Å². The van der Waals surface area contributed by atoms with Gasteiger partial charge in [-0.05, 0) is 108 Å². The molecule has 0 N–H and O–H groups in total. The number of rotatable bonds is 6. The summed E-state index contributed by atoms with van der Waals surface area (Å²) >= 11 is -2.48. The van der Waals surface area contributed by atoms with E-state index in [1.165, 1.54) is 22.1 Å². The van der Waals surface area contributed by atoms with Gasteiger partial charge in [-0.15, -0.1) is 0 Å². The zero-order chi connectivity index (χ0) is 71.5. The van der Waals surface area contributed by atoms with E-state index in [9.17, 15) is 9.59 Å². The van der Waals surface area contributed by atoms with Crippen molar-refractivity contribution < 1.29 is 9.59 Å². The van der Waals surface area contributed by atoms with Gasteiger partial charge in [0.2, 0.25) is 11.8 Å². The molecule has 0 radical (unpaired) electrons. The lowest BCUT2D eigenvalue weighted by molar-refractivity contribution is 0.0737. The molecule has 9 heterocycles. The maximum Gasteiger partial charge on any atom is 0.558 e. The molecule has 10 nitrogen and oxygen atoms in total. The first-order valence-electron chi connectivity index (χ1n) is 36.4. The van der Waals surface area contributed by atoms with Crippen molar-refractivity contribution in [2.24, 2.45) is 9.98 Å². The van der Waals surface area contributed by atoms with Gasteiger partial charge < -0.3 is 14.9 Å². The Balaban J connectivity index is 0.000000564. The molecule has 6 bridgehead atoms. The Bertz CT molecular complexity index is 3590. The molecular weight excluding hydrogens is 1210 g/mol. The fourth-order valence-electron chi connectivity index (χ4n) is 11.6. The van der Waals surface area contributed by atoms with E-state index in [4.69, 9.17) is 9.98 Å². The Kier molecular flexibility index (Phi) is 41.6. The fraction of sp³-hybridized carbons (Fsp3) is 0.333. The largest absolute Gasteiger partial charge is 0.558 e. The highest BCUT2D eigenvalue weighted by atomic mass is 27.1. The maximum atomic E-state index is 13.0. The molecule has 2 fully saturated rings. The zero-order valence-corrected chi connectivity index (χ0v) is 65.4. The Morgan fingerprint density at radius 2 is 0.635 bits per heavy atom. The van der Waals surface area contributed by atoms with Crippen molar-refractivity contribution >= 4 is 76.9 Å². The van der Waals surface area contributed by atoms with Crippen molar-refractivity contribution in [2.45, 2.75) is 190 Å². The summed E-state index contributed by atoms with van der Waals surface area (Å²) in [7, 11) is 0. The van der Waals surface area contributed by atoms with Crippen LogP contribution in [-0.2, 0) is 0 Å². The molecule has 14 rings (SSSR count). The molecule has 1 saturated heterocycles. The van der Waals surface area contributed by atoms with Gasteiger partial charge in [-0.2, -0.15) is 0 Å². The van der Waals surface area contributed by atoms with E-state index in [1.54, 1.807) is 36.7 Å². The highest BCUT2D eigenvalue weighted by molar-refractivity contribution is 6.42. The second kappa shape index (κ2) is 47.6. The summed E-state index contributed by atoms with van der Waals surface area (Å²) in [5, 5.41) is 2.35. The molecule has 508 valence electrons. The number of benzene rings is 4. The minimum atomic E-state index is -1.28. The standard InChI is InChI=1S/C44H28N4.C18H20N4O2.11C2H6.2Al.2H/c1-5-13-29(14-6-1)41-33-21-23-35(45-33)42(30-15-7-2-8-16-30)37-25-27-39(47-37)44(32-19-11-4-12-20-32)40-28-26-38(48-40)43(31-17-9-3-10-18-31)36-24-22-34(41)46-36;23-17(15-9-3-5-11-19-15)21-13-7-1-2-8-14(13)22-18(24)16-10-4-6-12-20-16;11*1-2;;;;/h1-28H;3-6,9-14H,1-2,7-8H2,(H2,21,22,23,24);11*1-2H3;;;;/q-2;;;;;;;;;;;;;2*+2;;/p-2. The quantitative estimate of drug-likeness (QED) is 0.155. The number of carbonyl (C=O) groups excluding carboxylic acids is 2. The number of fused-ring (bicyclic) bond motifs is 3. The number of aromatic nitrogens is 4. The average molecular weight is 1320 g/mol. The summed E-state index contributed by atoms with van der Waals surface area (Å²) in [5.41, 5.74) is 16.4. The normalized spacial score (nSPS) is 14.5. The summed E-state index contributed by atoms with van der Waals surface area (Å²) in [6.45, 7) is 44.0. The SMILES string of the molecule is C1=CC2=C(c3ccccc3)c3ccc4[n]3[AlH][n]3c(ccc3=C(c3ccccc3)C3=NC(=C4c4ccccc4)C=C3)=C(c3ccccc3)C1=N2.CC.CC.CC.CC.CC.CC.CC.CC.CC.CC.CC.O=C(c1ccccn1)[N]1[AlH][N](C(=O)c2ccccn2)C2CCCCC21. The monoisotopic (exact) mass is 1320 g/mol. The Morgan fingerprint density at radius 1 is 0.333 bits per heavy atom. The molecule has 2 atom stereocenters. The number of hydrogen-bond acceptors (Lipinski definition) is 6. The number of hydrogen-bond donors (Lipinski definition) is 0. The molecular formula is C84H114Al2N8O2. The van der Waals surface area contributed by atoms with Crippen molar-refractivity contribution in [2.75, 3.05) is 0 Å². The Labute approximate surface area is 593 Å². The van der Waals surface area contributed by atoms with Crippen molar-refractivity contribution in [3.8, 4) is 0 Å². The summed E-state index contributed by atoms with van der Waals surface area (Å²) in [5.74, 6) is -0.0824. The minimum Gasteiger partial charge on any atom is -0.417 e. The van der Waals surface area contributed by atoms with E-state index in [0.717, 1.165) is 93.0 Å². The molecule has 1 aliphatic carbocycles. The molecule has 12 heteroatoms. The second-order valence-corrected chi connectivity index (χ2v) is 22.3. The smallest absolute Gasteiger partial charge is 0.417 e. The Morgan fingerprint density at radius 3 is 0.938 bits per heavy atom. The summed E-state index contributed by atoms with van der Waals surface area (Å²) < 4.78 is 9.13. The number of amides is 2. The van der Waals surface area contributed by atoms with Crippen LogP contribution < -0.4 is 10.7 Å². The highest BCUT2D eigenvalue weighted by Gasteiger charge is 2.47. The lowest BCUT2D eigenvalue weighted by Gasteiger charge is -2.35. The van der Waals surface area contributed by atoms with Crippen LogP contribution in [0.15, 0.2) is 240 Å². The van der Waals surface area contributed by atoms with E-state index in [1.807, 2.05) is 172 Å². The predicted molar refractivity (Wildman–Crippen MR) is 421 cm³/mol. The van der Waals surface area contributed by atoms with Crippen molar-refractivity contribution in [1.82, 2.24) is 24.8 Å². The Hall–Kier alpha value is -8.22. The van der Waals surface area contributed by atoms with Crippen molar-refractivity contribution in [3.05, 3.63) is 286 Å². The summed E-state index contributed by atoms with van der Waals surface area (Å²) in [4.78, 5) is 45.2. The van der Waals surface area contributed by atoms with E-state index in [0.29, 0.717) is 11.4 Å². The van der Waals surface area contributed by atoms with Gasteiger partial charge in [0.05, 0.1) is 22.8 Å². The molecule has 2 amide bonds. The number of nitrogens with zero attached hydrogens (tertiary/aromatic N) is 8. The number of pyridine rings is 2. The van der Waals surface area contributed by atoms with E-state index < -0.39 is 31.3 Å². The first kappa shape index (κ1) is 83.9. The molecule has 1 saturated carbocycles. The predicted octanol–water partition coefficient (Wildman–Crippen LogP) is 19.9. The zero-order valence-electron chi connectivity index (χ0n) is 62.6. The fourth-order valence-corrected chi connectivity index (χ4v) is 15.7. The van der Waals surface area contributed by atoms with Crippen LogP contribution in [-0.4, -0.2) is 91.5 Å². The first-order chi connectivity index (χ1) is 47.6. The van der Waals surface area contributed by atoms with Gasteiger partial charge in [0.25, 0.3) is 0 Å². The van der Waals surface area contributed by atoms with Gasteiger partial charge >= 0.3 is 31.3 Å². The molecule has 6 aliphatic rings. The van der Waals surface area contributed by atoms with Gasteiger partial charge in [-0.3, -0.25) is 19.6 Å². The van der Waals surface area contributed by atoms with Crippen LogP contribution in [0.25, 0.3) is 22.3 Å². The molecule has 4 aromatic heterocycles. The van der Waals surface area contributed by atoms with Gasteiger partial charge in [0.1, 0.15) is 11.4 Å². The topological polar surface area (TPSA) is 101 Å². The second-order valence-electron chi connectivity index (χ2n) is 19.1. The van der Waals surface area contributed by atoms with Crippen LogP contribution in [0.5, 0.6) is 0 Å². The first-order valence-corrected chi connectivity index (χ1v) is 38.9. The molecule has 5 aliphatic heterocycles. The van der Waals surface area contributed by atoms with Crippen LogP contribution in [0.1, 0.15) is 233 Å². The van der Waals surface area contributed by atoms with Gasteiger partial charge in [-0.25, -0.2) is 9.98 Å². The molecule has 4 aromatic carbocycles. The molecule has 2 unspecified atom stereocenters. The van der Waals surface area contributed by atoms with Gasteiger partial charge in [0.15, 0.2) is 0 Å². The molecule has 0 spiro atoms. The average Bonchev–Trinajstić information content (AvgIpc) is 1.59. The van der Waals surface area contributed by atoms with Crippen molar-refractivity contribution in [1.29, 1.82) is 0 Å². The highest BCUT2D eigenvalue weighted by Crippen LogP contribution is 2.39. The van der Waals surface area contributed by atoms with E-state index >= 15 is 0 Å². The van der Waals surface area contributed by atoms with Gasteiger partial charge in [0, 0.05) is 68.9 Å². The lowest BCUT2D eigenvalue weighted by Crippen LogP contribution is -2.43. The van der Waals surface area contributed by atoms with E-state index in [2.05, 4.69) is 187 Å². The van der Waals surface area contributed by atoms with Crippen LogP contribution in [0, 0.1) is 0 Å². The molecule has 96 heavy (non-hydrogen) atoms. The van der Waals surface area contributed by atoms with Crippen LogP contribution in [0.4, 0.5) is 0 Å². The lowest BCUT2D eigenvalue weighted by atomic mass is 9.90. The third kappa shape index (κ3) is 20.2. The van der Waals surface area contributed by atoms with Crippen LogP contribution >= 0.6 is 0 Å². The third-order valence-corrected chi connectivity index (χ3v) is 19.0. The third-order valence-electron chi connectivity index (χ3n) is 14.9. The number of aliphatic imine (C=N–C) groups is 2.